The van der Waals surface area contributed by atoms with Crippen LogP contribution in [-0.4, -0.2) is 33.9 Å². The molecule has 5 rings (SSSR count). The second-order valence-corrected chi connectivity index (χ2v) is 13.1. The van der Waals surface area contributed by atoms with Gasteiger partial charge in [-0.25, -0.2) is 9.07 Å². The Labute approximate surface area is 255 Å². The van der Waals surface area contributed by atoms with Crippen LogP contribution in [-0.2, 0) is 21.5 Å². The summed E-state index contributed by atoms with van der Waals surface area (Å²) in [4.78, 5) is 28.8. The number of benzene rings is 3. The van der Waals surface area contributed by atoms with Crippen LogP contribution >= 0.6 is 23.4 Å². The van der Waals surface area contributed by atoms with Crippen LogP contribution in [0, 0.1) is 19.7 Å². The molecule has 1 unspecified atom stereocenters. The molecule has 0 radical (unpaired) electrons. The summed E-state index contributed by atoms with van der Waals surface area (Å²) in [6, 6.07) is 19.7. The van der Waals surface area contributed by atoms with E-state index in [0.717, 1.165) is 39.2 Å². The number of fused-ring (bicyclic) bond motifs is 1. The number of nitrogens with one attached hydrogen (secondary N) is 1. The van der Waals surface area contributed by atoms with E-state index in [9.17, 15) is 14.0 Å². The van der Waals surface area contributed by atoms with Gasteiger partial charge in [-0.2, -0.15) is 5.10 Å². The molecule has 0 saturated heterocycles. The maximum Gasteiger partial charge on any atom is 0.240 e. The lowest BCUT2D eigenvalue weighted by Gasteiger charge is -2.25. The molecule has 3 aromatic carbocycles. The minimum absolute atomic E-state index is 0.174. The summed E-state index contributed by atoms with van der Waals surface area (Å²) in [5, 5.41) is 8.45. The van der Waals surface area contributed by atoms with Gasteiger partial charge in [-0.15, -0.1) is 11.8 Å². The number of carbonyl (C=O) groups is 2. The van der Waals surface area contributed by atoms with Gasteiger partial charge in [0.15, 0.2) is 0 Å². The first-order valence-corrected chi connectivity index (χ1v) is 15.2. The minimum atomic E-state index is -0.367. The van der Waals surface area contributed by atoms with Gasteiger partial charge in [0.2, 0.25) is 11.8 Å². The van der Waals surface area contributed by atoms with Crippen LogP contribution < -0.4 is 10.2 Å². The zero-order valence-corrected chi connectivity index (χ0v) is 25.9. The lowest BCUT2D eigenvalue weighted by atomic mass is 9.87. The van der Waals surface area contributed by atoms with Crippen molar-refractivity contribution in [3.63, 3.8) is 0 Å². The quantitative estimate of drug-likeness (QED) is 0.256. The normalized spacial score (nSPS) is 15.4. The van der Waals surface area contributed by atoms with E-state index in [0.29, 0.717) is 10.8 Å². The molecule has 1 N–H and O–H groups in total. The molecule has 1 aliphatic rings. The largest absolute Gasteiger partial charge is 0.350 e. The highest BCUT2D eigenvalue weighted by Gasteiger charge is 2.40. The Hall–Kier alpha value is -3.62. The van der Waals surface area contributed by atoms with E-state index in [4.69, 9.17) is 16.7 Å². The first-order chi connectivity index (χ1) is 19.9. The summed E-state index contributed by atoms with van der Waals surface area (Å²) in [7, 11) is 0. The van der Waals surface area contributed by atoms with Crippen molar-refractivity contribution >= 4 is 41.0 Å². The molecule has 218 valence electrons. The third-order valence-corrected chi connectivity index (χ3v) is 8.95. The van der Waals surface area contributed by atoms with Gasteiger partial charge in [-0.1, -0.05) is 68.8 Å². The highest BCUT2D eigenvalue weighted by Crippen LogP contribution is 2.48. The number of aromatic nitrogens is 2. The third kappa shape index (κ3) is 6.10. The maximum absolute atomic E-state index is 13.9. The number of nitrogens with zero attached hydrogens (tertiary/aromatic N) is 3. The van der Waals surface area contributed by atoms with E-state index in [1.165, 1.54) is 23.9 Å². The van der Waals surface area contributed by atoms with Gasteiger partial charge >= 0.3 is 0 Å². The van der Waals surface area contributed by atoms with Gasteiger partial charge in [0.1, 0.15) is 18.2 Å². The van der Waals surface area contributed by atoms with Crippen LogP contribution in [0.3, 0.4) is 0 Å². The molecule has 2 amide bonds. The van der Waals surface area contributed by atoms with Gasteiger partial charge < -0.3 is 5.32 Å². The van der Waals surface area contributed by atoms with Crippen LogP contribution in [0.15, 0.2) is 66.7 Å². The maximum atomic E-state index is 13.9. The van der Waals surface area contributed by atoms with E-state index >= 15 is 0 Å². The average molecular weight is 605 g/mol. The molecule has 4 aromatic rings. The van der Waals surface area contributed by atoms with Crippen molar-refractivity contribution in [2.75, 3.05) is 17.2 Å². The van der Waals surface area contributed by atoms with Crippen LogP contribution in [0.25, 0.3) is 5.69 Å². The number of carbonyl (C=O) groups excluding carboxylic acids is 2. The molecule has 9 heteroatoms. The highest BCUT2D eigenvalue weighted by molar-refractivity contribution is 8.00. The van der Waals surface area contributed by atoms with Crippen molar-refractivity contribution in [3.8, 4) is 5.69 Å². The van der Waals surface area contributed by atoms with Gasteiger partial charge in [0.05, 0.1) is 22.4 Å². The van der Waals surface area contributed by atoms with Gasteiger partial charge in [0, 0.05) is 22.5 Å². The Morgan fingerprint density at radius 3 is 2.50 bits per heavy atom. The Bertz CT molecular complexity index is 1640. The fourth-order valence-electron chi connectivity index (χ4n) is 5.14. The van der Waals surface area contributed by atoms with Crippen molar-refractivity contribution < 1.29 is 14.0 Å². The van der Waals surface area contributed by atoms with Crippen molar-refractivity contribution in [3.05, 3.63) is 111 Å². The van der Waals surface area contributed by atoms with Crippen LogP contribution in [0.5, 0.6) is 0 Å². The van der Waals surface area contributed by atoms with Gasteiger partial charge in [-0.3, -0.25) is 14.5 Å². The molecular formula is C33H34ClFN4O2S. The first-order valence-electron chi connectivity index (χ1n) is 13.8. The predicted molar refractivity (Wildman–Crippen MR) is 168 cm³/mol. The fraction of sp³-hybridized carbons (Fsp3) is 0.303. The van der Waals surface area contributed by atoms with Crippen molar-refractivity contribution in [1.82, 2.24) is 15.1 Å². The van der Waals surface area contributed by atoms with Gasteiger partial charge in [-0.05, 0) is 66.4 Å². The van der Waals surface area contributed by atoms with Crippen LogP contribution in [0.1, 0.15) is 59.5 Å². The zero-order chi connectivity index (χ0) is 30.2. The molecule has 0 saturated carbocycles. The van der Waals surface area contributed by atoms with E-state index in [1.54, 1.807) is 17.0 Å². The average Bonchev–Trinajstić information content (AvgIpc) is 3.27. The first kappa shape index (κ1) is 29.9. The Kier molecular flexibility index (Phi) is 8.49. The van der Waals surface area contributed by atoms with Crippen molar-refractivity contribution in [2.45, 2.75) is 51.8 Å². The number of thioether (sulfide) groups is 1. The standard InChI is InChI=1S/C33H34ClFN4O2S/c1-20-8-6-11-26(21(20)2)39-32-29(31(37-39)33(3,4)5)30(23-9-7-10-24(34)16-23)42-19-28(41)38(32)18-27(40)36-17-22-12-14-25(35)15-13-22/h6-16,30H,17-19H2,1-5H3,(H,36,40). The molecule has 2 heterocycles. The highest BCUT2D eigenvalue weighted by atomic mass is 35.5. The molecule has 0 spiro atoms. The SMILES string of the molecule is Cc1cccc(-n2nc(C(C)(C)C)c3c2N(CC(=O)NCc2ccc(F)cc2)C(=O)CSC3c2cccc(Cl)c2)c1C. The number of halogens is 2. The molecule has 1 atom stereocenters. The summed E-state index contributed by atoms with van der Waals surface area (Å²) >= 11 is 7.95. The molecule has 0 fully saturated rings. The monoisotopic (exact) mass is 604 g/mol. The molecule has 0 aliphatic carbocycles. The summed E-state index contributed by atoms with van der Waals surface area (Å²) in [5.41, 5.74) is 6.09. The Balaban J connectivity index is 1.66. The van der Waals surface area contributed by atoms with Crippen LogP contribution in [0.4, 0.5) is 10.2 Å². The summed E-state index contributed by atoms with van der Waals surface area (Å²) in [6.45, 7) is 10.4. The topological polar surface area (TPSA) is 67.2 Å². The van der Waals surface area contributed by atoms with Crippen molar-refractivity contribution in [2.24, 2.45) is 0 Å². The summed E-state index contributed by atoms with van der Waals surface area (Å²) < 4.78 is 15.2. The molecular weight excluding hydrogens is 571 g/mol. The van der Waals surface area contributed by atoms with Crippen molar-refractivity contribution in [1.29, 1.82) is 0 Å². The molecule has 1 aliphatic heterocycles. The van der Waals surface area contributed by atoms with Gasteiger partial charge in [0.25, 0.3) is 0 Å². The second-order valence-electron chi connectivity index (χ2n) is 11.6. The van der Waals surface area contributed by atoms with E-state index in [2.05, 4.69) is 26.1 Å². The van der Waals surface area contributed by atoms with Crippen LogP contribution in [0.2, 0.25) is 5.02 Å². The lowest BCUT2D eigenvalue weighted by Crippen LogP contribution is -2.42. The third-order valence-electron chi connectivity index (χ3n) is 7.46. The van der Waals surface area contributed by atoms with E-state index < -0.39 is 0 Å². The predicted octanol–water partition coefficient (Wildman–Crippen LogP) is 7.06. The number of anilines is 1. The molecule has 1 aromatic heterocycles. The molecule has 6 nitrogen and oxygen atoms in total. The fourth-order valence-corrected chi connectivity index (χ4v) is 6.53. The number of rotatable bonds is 6. The Morgan fingerprint density at radius 1 is 1.10 bits per heavy atom. The number of hydrogen-bond acceptors (Lipinski definition) is 4. The minimum Gasteiger partial charge on any atom is -0.350 e. The lowest BCUT2D eigenvalue weighted by molar-refractivity contribution is -0.123. The molecule has 42 heavy (non-hydrogen) atoms. The smallest absolute Gasteiger partial charge is 0.240 e. The summed E-state index contributed by atoms with van der Waals surface area (Å²) in [6.07, 6.45) is 0. The van der Waals surface area contributed by atoms with E-state index in [1.807, 2.05) is 61.0 Å². The second kappa shape index (κ2) is 11.9. The molecule has 0 bridgehead atoms. The zero-order valence-electron chi connectivity index (χ0n) is 24.4. The number of amides is 2. The number of aryl methyl sites for hydroxylation is 1. The summed E-state index contributed by atoms with van der Waals surface area (Å²) in [5.74, 6) is -0.0853. The Morgan fingerprint density at radius 2 is 1.81 bits per heavy atom. The van der Waals surface area contributed by atoms with E-state index in [-0.39, 0.29) is 47.1 Å². The number of hydrogen-bond donors (Lipinski definition) is 1.